The summed E-state index contributed by atoms with van der Waals surface area (Å²) in [5.74, 6) is 1.44. The summed E-state index contributed by atoms with van der Waals surface area (Å²) in [4.78, 5) is 3.98. The van der Waals surface area contributed by atoms with E-state index in [1.807, 2.05) is 35.9 Å². The van der Waals surface area contributed by atoms with Gasteiger partial charge in [-0.2, -0.15) is 0 Å². The second-order valence-electron chi connectivity index (χ2n) is 4.35. The lowest BCUT2D eigenvalue weighted by Crippen LogP contribution is -2.08. The van der Waals surface area contributed by atoms with Crippen molar-refractivity contribution in [2.45, 2.75) is 19.5 Å². The number of aromatic nitrogens is 2. The average Bonchev–Trinajstić information content (AvgIpc) is 2.92. The molecule has 102 valence electrons. The lowest BCUT2D eigenvalue weighted by molar-refractivity contribution is 0.279. The molecule has 0 aliphatic rings. The van der Waals surface area contributed by atoms with Crippen LogP contribution in [0.1, 0.15) is 18.5 Å². The second kappa shape index (κ2) is 6.24. The first-order chi connectivity index (χ1) is 9.20. The third-order valence-corrected chi connectivity index (χ3v) is 2.88. The standard InChI is InChI=1S/C14H19N3O2/c1-11(15)12-3-4-13(14(9-12)18-2)19-8-7-17-6-5-16-10-17/h3-6,9-11H,7-8,15H2,1-2H3/t11-/m0/s1. The van der Waals surface area contributed by atoms with Crippen molar-refractivity contribution in [1.82, 2.24) is 9.55 Å². The van der Waals surface area contributed by atoms with Crippen molar-refractivity contribution < 1.29 is 9.47 Å². The maximum absolute atomic E-state index is 5.85. The molecule has 0 aliphatic carbocycles. The summed E-state index contributed by atoms with van der Waals surface area (Å²) in [5, 5.41) is 0. The molecule has 0 unspecified atom stereocenters. The first kappa shape index (κ1) is 13.4. The van der Waals surface area contributed by atoms with Gasteiger partial charge in [0, 0.05) is 18.4 Å². The number of ether oxygens (including phenoxy) is 2. The van der Waals surface area contributed by atoms with E-state index in [1.54, 1.807) is 19.6 Å². The van der Waals surface area contributed by atoms with E-state index in [2.05, 4.69) is 4.98 Å². The maximum atomic E-state index is 5.85. The van der Waals surface area contributed by atoms with Crippen LogP contribution in [0.5, 0.6) is 11.5 Å². The monoisotopic (exact) mass is 261 g/mol. The molecule has 0 radical (unpaired) electrons. The smallest absolute Gasteiger partial charge is 0.161 e. The van der Waals surface area contributed by atoms with Gasteiger partial charge in [0.2, 0.25) is 0 Å². The number of imidazole rings is 1. The van der Waals surface area contributed by atoms with Crippen molar-refractivity contribution in [3.63, 3.8) is 0 Å². The number of methoxy groups -OCH3 is 1. The molecule has 0 bridgehead atoms. The van der Waals surface area contributed by atoms with E-state index in [9.17, 15) is 0 Å². The molecule has 5 heteroatoms. The molecule has 5 nitrogen and oxygen atoms in total. The molecular formula is C14H19N3O2. The normalized spacial score (nSPS) is 12.2. The van der Waals surface area contributed by atoms with Crippen LogP contribution < -0.4 is 15.2 Å². The van der Waals surface area contributed by atoms with Crippen molar-refractivity contribution in [1.29, 1.82) is 0 Å². The fourth-order valence-electron chi connectivity index (χ4n) is 1.77. The van der Waals surface area contributed by atoms with Crippen LogP contribution in [0.3, 0.4) is 0 Å². The van der Waals surface area contributed by atoms with Crippen molar-refractivity contribution in [2.24, 2.45) is 5.73 Å². The van der Waals surface area contributed by atoms with E-state index in [0.29, 0.717) is 12.4 Å². The minimum absolute atomic E-state index is 0.0195. The van der Waals surface area contributed by atoms with Gasteiger partial charge in [0.05, 0.1) is 20.0 Å². The van der Waals surface area contributed by atoms with E-state index in [1.165, 1.54) is 0 Å². The van der Waals surface area contributed by atoms with E-state index in [0.717, 1.165) is 17.9 Å². The molecule has 0 saturated carbocycles. The summed E-state index contributed by atoms with van der Waals surface area (Å²) in [6.45, 7) is 3.25. The third kappa shape index (κ3) is 3.48. The highest BCUT2D eigenvalue weighted by Crippen LogP contribution is 2.29. The molecule has 2 aromatic rings. The van der Waals surface area contributed by atoms with Gasteiger partial charge in [0.1, 0.15) is 6.61 Å². The molecular weight excluding hydrogens is 242 g/mol. The summed E-state index contributed by atoms with van der Waals surface area (Å²) in [6.07, 6.45) is 5.41. The molecule has 0 fully saturated rings. The number of hydrogen-bond acceptors (Lipinski definition) is 4. The van der Waals surface area contributed by atoms with Gasteiger partial charge in [-0.25, -0.2) is 4.98 Å². The summed E-state index contributed by atoms with van der Waals surface area (Å²) in [6, 6.07) is 5.75. The Bertz CT molecular complexity index is 509. The van der Waals surface area contributed by atoms with Gasteiger partial charge < -0.3 is 19.8 Å². The lowest BCUT2D eigenvalue weighted by atomic mass is 10.1. The molecule has 19 heavy (non-hydrogen) atoms. The van der Waals surface area contributed by atoms with E-state index in [-0.39, 0.29) is 6.04 Å². The SMILES string of the molecule is COc1cc([C@H](C)N)ccc1OCCn1ccnc1. The molecule has 1 aromatic heterocycles. The van der Waals surface area contributed by atoms with E-state index >= 15 is 0 Å². The minimum Gasteiger partial charge on any atom is -0.493 e. The Morgan fingerprint density at radius 3 is 2.84 bits per heavy atom. The van der Waals surface area contributed by atoms with Crippen LogP contribution in [0.4, 0.5) is 0 Å². The Kier molecular flexibility index (Phi) is 4.41. The Morgan fingerprint density at radius 2 is 2.21 bits per heavy atom. The van der Waals surface area contributed by atoms with Crippen LogP contribution in [0.2, 0.25) is 0 Å². The fraction of sp³-hybridized carbons (Fsp3) is 0.357. The average molecular weight is 261 g/mol. The summed E-state index contributed by atoms with van der Waals surface area (Å²) >= 11 is 0. The van der Waals surface area contributed by atoms with Crippen LogP contribution in [-0.2, 0) is 6.54 Å². The highest BCUT2D eigenvalue weighted by Gasteiger charge is 2.08. The molecule has 0 saturated heterocycles. The van der Waals surface area contributed by atoms with Crippen LogP contribution >= 0.6 is 0 Å². The first-order valence-corrected chi connectivity index (χ1v) is 6.22. The van der Waals surface area contributed by atoms with Gasteiger partial charge in [0.15, 0.2) is 11.5 Å². The zero-order valence-electron chi connectivity index (χ0n) is 11.2. The molecule has 0 spiro atoms. The number of rotatable bonds is 6. The molecule has 2 N–H and O–H groups in total. The van der Waals surface area contributed by atoms with E-state index in [4.69, 9.17) is 15.2 Å². The highest BCUT2D eigenvalue weighted by molar-refractivity contribution is 5.43. The summed E-state index contributed by atoms with van der Waals surface area (Å²) in [7, 11) is 1.63. The van der Waals surface area contributed by atoms with Crippen molar-refractivity contribution >= 4 is 0 Å². The van der Waals surface area contributed by atoms with Gasteiger partial charge in [-0.15, -0.1) is 0 Å². The van der Waals surface area contributed by atoms with Gasteiger partial charge >= 0.3 is 0 Å². The third-order valence-electron chi connectivity index (χ3n) is 2.88. The molecule has 1 heterocycles. The lowest BCUT2D eigenvalue weighted by Gasteiger charge is -2.13. The summed E-state index contributed by atoms with van der Waals surface area (Å²) in [5.41, 5.74) is 6.87. The predicted octanol–water partition coefficient (Wildman–Crippen LogP) is 1.99. The van der Waals surface area contributed by atoms with Gasteiger partial charge in [-0.1, -0.05) is 6.07 Å². The highest BCUT2D eigenvalue weighted by atomic mass is 16.5. The van der Waals surface area contributed by atoms with E-state index < -0.39 is 0 Å². The van der Waals surface area contributed by atoms with Crippen LogP contribution in [0.25, 0.3) is 0 Å². The van der Waals surface area contributed by atoms with Crippen molar-refractivity contribution in [3.05, 3.63) is 42.5 Å². The van der Waals surface area contributed by atoms with Crippen LogP contribution in [0.15, 0.2) is 36.9 Å². The molecule has 2 rings (SSSR count). The number of benzene rings is 1. The second-order valence-corrected chi connectivity index (χ2v) is 4.35. The quantitative estimate of drug-likeness (QED) is 0.863. The van der Waals surface area contributed by atoms with Gasteiger partial charge in [0.25, 0.3) is 0 Å². The molecule has 0 aliphatic heterocycles. The largest absolute Gasteiger partial charge is 0.493 e. The number of nitrogens with zero attached hydrogens (tertiary/aromatic N) is 2. The Hall–Kier alpha value is -2.01. The molecule has 1 aromatic carbocycles. The minimum atomic E-state index is -0.0195. The van der Waals surface area contributed by atoms with Crippen molar-refractivity contribution in [3.8, 4) is 11.5 Å². The zero-order valence-corrected chi connectivity index (χ0v) is 11.2. The number of hydrogen-bond donors (Lipinski definition) is 1. The predicted molar refractivity (Wildman–Crippen MR) is 73.3 cm³/mol. The Labute approximate surface area is 113 Å². The van der Waals surface area contributed by atoms with Crippen LogP contribution in [0, 0.1) is 0 Å². The van der Waals surface area contributed by atoms with Crippen molar-refractivity contribution in [2.75, 3.05) is 13.7 Å². The maximum Gasteiger partial charge on any atom is 0.161 e. The zero-order chi connectivity index (χ0) is 13.7. The van der Waals surface area contributed by atoms with Gasteiger partial charge in [-0.3, -0.25) is 0 Å². The Balaban J connectivity index is 1.99. The molecule has 0 amide bonds. The molecule has 1 atom stereocenters. The van der Waals surface area contributed by atoms with Crippen LogP contribution in [-0.4, -0.2) is 23.3 Å². The fourth-order valence-corrected chi connectivity index (χ4v) is 1.77. The number of nitrogens with two attached hydrogens (primary N) is 1. The first-order valence-electron chi connectivity index (χ1n) is 6.22. The topological polar surface area (TPSA) is 62.3 Å². The summed E-state index contributed by atoms with van der Waals surface area (Å²) < 4.78 is 13.0. The van der Waals surface area contributed by atoms with Gasteiger partial charge in [-0.05, 0) is 24.6 Å². The Morgan fingerprint density at radius 1 is 1.37 bits per heavy atom.